The Morgan fingerprint density at radius 3 is 2.50 bits per heavy atom. The number of carboxylic acid groups (broad SMARTS) is 1. The normalized spacial score (nSPS) is 11.8. The Morgan fingerprint density at radius 2 is 2.00 bits per heavy atom. The van der Waals surface area contributed by atoms with Gasteiger partial charge in [-0.25, -0.2) is 13.2 Å². The van der Waals surface area contributed by atoms with Crippen molar-refractivity contribution in [3.63, 3.8) is 0 Å². The van der Waals surface area contributed by atoms with Crippen molar-refractivity contribution in [3.8, 4) is 0 Å². The van der Waals surface area contributed by atoms with E-state index >= 15 is 0 Å². The van der Waals surface area contributed by atoms with Crippen LogP contribution in [0.15, 0.2) is 23.1 Å². The smallest absolute Gasteiger partial charge is 0.335 e. The molecule has 0 saturated carbocycles. The van der Waals surface area contributed by atoms with Crippen LogP contribution in [0.2, 0.25) is 0 Å². The summed E-state index contributed by atoms with van der Waals surface area (Å²) in [7, 11) is -3.54. The zero-order valence-corrected chi connectivity index (χ0v) is 12.7. The SMILES string of the molecule is CCc1ccc(C(=O)O)cc1S(=O)(=O)CCOC(C)C. The van der Waals surface area contributed by atoms with Gasteiger partial charge in [-0.1, -0.05) is 13.0 Å². The van der Waals surface area contributed by atoms with Crippen LogP contribution in [0.25, 0.3) is 0 Å². The topological polar surface area (TPSA) is 80.7 Å². The van der Waals surface area contributed by atoms with Crippen LogP contribution in [-0.2, 0) is 21.0 Å². The molecule has 0 radical (unpaired) electrons. The van der Waals surface area contributed by atoms with E-state index in [9.17, 15) is 13.2 Å². The van der Waals surface area contributed by atoms with Crippen molar-refractivity contribution in [2.45, 2.75) is 38.2 Å². The molecule has 0 fully saturated rings. The van der Waals surface area contributed by atoms with Crippen LogP contribution in [0.4, 0.5) is 0 Å². The Labute approximate surface area is 119 Å². The molecule has 112 valence electrons. The molecule has 0 saturated heterocycles. The highest BCUT2D eigenvalue weighted by molar-refractivity contribution is 7.91. The molecule has 0 aliphatic heterocycles. The number of hydrogen-bond acceptors (Lipinski definition) is 4. The average Bonchev–Trinajstić information content (AvgIpc) is 2.37. The first kappa shape index (κ1) is 16.7. The fourth-order valence-electron chi connectivity index (χ4n) is 1.77. The van der Waals surface area contributed by atoms with E-state index in [0.717, 1.165) is 0 Å². The quantitative estimate of drug-likeness (QED) is 0.834. The molecule has 1 rings (SSSR count). The first-order valence-corrected chi connectivity index (χ1v) is 8.13. The fraction of sp³-hybridized carbons (Fsp3) is 0.500. The van der Waals surface area contributed by atoms with Crippen LogP contribution in [-0.4, -0.2) is 38.0 Å². The molecule has 0 atom stereocenters. The second kappa shape index (κ2) is 6.85. The Hall–Kier alpha value is -1.40. The van der Waals surface area contributed by atoms with Crippen molar-refractivity contribution < 1.29 is 23.1 Å². The molecule has 0 amide bonds. The fourth-order valence-corrected chi connectivity index (χ4v) is 3.23. The van der Waals surface area contributed by atoms with Gasteiger partial charge in [-0.05, 0) is 38.0 Å². The Balaban J connectivity index is 3.08. The van der Waals surface area contributed by atoms with E-state index < -0.39 is 15.8 Å². The summed E-state index contributed by atoms with van der Waals surface area (Å²) in [6, 6.07) is 4.20. The highest BCUT2D eigenvalue weighted by Crippen LogP contribution is 2.20. The Kier molecular flexibility index (Phi) is 5.71. The van der Waals surface area contributed by atoms with Gasteiger partial charge in [-0.2, -0.15) is 0 Å². The molecule has 1 N–H and O–H groups in total. The van der Waals surface area contributed by atoms with Gasteiger partial charge in [0.15, 0.2) is 9.84 Å². The standard InChI is InChI=1S/C14H20O5S/c1-4-11-5-6-12(14(15)16)9-13(11)20(17,18)8-7-19-10(2)3/h5-6,9-10H,4,7-8H2,1-3H3,(H,15,16). The molecule has 0 aliphatic rings. The summed E-state index contributed by atoms with van der Waals surface area (Å²) in [6.07, 6.45) is 0.487. The van der Waals surface area contributed by atoms with Crippen molar-refractivity contribution in [1.82, 2.24) is 0 Å². The minimum absolute atomic E-state index is 0.0226. The first-order chi connectivity index (χ1) is 9.27. The molecule has 6 heteroatoms. The number of benzene rings is 1. The highest BCUT2D eigenvalue weighted by Gasteiger charge is 2.20. The second-order valence-corrected chi connectivity index (χ2v) is 6.80. The number of rotatable bonds is 7. The van der Waals surface area contributed by atoms with Gasteiger partial charge in [0, 0.05) is 0 Å². The molecule has 1 aromatic carbocycles. The maximum atomic E-state index is 12.3. The Morgan fingerprint density at radius 1 is 1.35 bits per heavy atom. The molecule has 0 spiro atoms. The van der Waals surface area contributed by atoms with Crippen molar-refractivity contribution >= 4 is 15.8 Å². The summed E-state index contributed by atoms with van der Waals surface area (Å²) in [4.78, 5) is 11.1. The molecule has 0 bridgehead atoms. The summed E-state index contributed by atoms with van der Waals surface area (Å²) in [5.41, 5.74) is 0.602. The third-order valence-corrected chi connectivity index (χ3v) is 4.59. The van der Waals surface area contributed by atoms with Crippen LogP contribution in [0.1, 0.15) is 36.7 Å². The lowest BCUT2D eigenvalue weighted by Gasteiger charge is -2.12. The van der Waals surface area contributed by atoms with Crippen molar-refractivity contribution in [2.24, 2.45) is 0 Å². The number of ether oxygens (including phenoxy) is 1. The first-order valence-electron chi connectivity index (χ1n) is 6.48. The molecule has 1 aromatic rings. The molecular formula is C14H20O5S. The maximum absolute atomic E-state index is 12.3. The summed E-state index contributed by atoms with van der Waals surface area (Å²) in [5, 5.41) is 8.97. The zero-order chi connectivity index (χ0) is 15.3. The number of carbonyl (C=O) groups is 1. The molecule has 5 nitrogen and oxygen atoms in total. The van der Waals surface area contributed by atoms with Gasteiger partial charge < -0.3 is 9.84 Å². The summed E-state index contributed by atoms with van der Waals surface area (Å²) >= 11 is 0. The molecule has 20 heavy (non-hydrogen) atoms. The number of aromatic carboxylic acids is 1. The highest BCUT2D eigenvalue weighted by atomic mass is 32.2. The lowest BCUT2D eigenvalue weighted by Crippen LogP contribution is -2.17. The van der Waals surface area contributed by atoms with Gasteiger partial charge >= 0.3 is 5.97 Å². The van der Waals surface area contributed by atoms with Gasteiger partial charge in [0.2, 0.25) is 0 Å². The van der Waals surface area contributed by atoms with Crippen LogP contribution >= 0.6 is 0 Å². The van der Waals surface area contributed by atoms with Crippen molar-refractivity contribution in [1.29, 1.82) is 0 Å². The van der Waals surface area contributed by atoms with Gasteiger partial charge in [0.25, 0.3) is 0 Å². The van der Waals surface area contributed by atoms with E-state index in [0.29, 0.717) is 12.0 Å². The molecular weight excluding hydrogens is 280 g/mol. The van der Waals surface area contributed by atoms with E-state index in [1.807, 2.05) is 20.8 Å². The van der Waals surface area contributed by atoms with Crippen molar-refractivity contribution in [3.05, 3.63) is 29.3 Å². The third-order valence-electron chi connectivity index (χ3n) is 2.83. The molecule has 0 aliphatic carbocycles. The van der Waals surface area contributed by atoms with Crippen molar-refractivity contribution in [2.75, 3.05) is 12.4 Å². The molecule has 0 heterocycles. The number of hydrogen-bond donors (Lipinski definition) is 1. The van der Waals surface area contributed by atoms with Gasteiger partial charge in [-0.3, -0.25) is 0 Å². The van der Waals surface area contributed by atoms with E-state index in [4.69, 9.17) is 9.84 Å². The second-order valence-electron chi connectivity index (χ2n) is 4.72. The van der Waals surface area contributed by atoms with E-state index in [-0.39, 0.29) is 28.9 Å². The molecule has 0 unspecified atom stereocenters. The van der Waals surface area contributed by atoms with E-state index in [2.05, 4.69) is 0 Å². The minimum atomic E-state index is -3.54. The number of carboxylic acids is 1. The number of aryl methyl sites for hydroxylation is 1. The number of sulfone groups is 1. The lowest BCUT2D eigenvalue weighted by atomic mass is 10.1. The average molecular weight is 300 g/mol. The van der Waals surface area contributed by atoms with Gasteiger partial charge in [0.05, 0.1) is 28.9 Å². The summed E-state index contributed by atoms with van der Waals surface area (Å²) in [6.45, 7) is 5.59. The zero-order valence-electron chi connectivity index (χ0n) is 11.9. The molecule has 0 aromatic heterocycles. The van der Waals surface area contributed by atoms with Gasteiger partial charge in [-0.15, -0.1) is 0 Å². The van der Waals surface area contributed by atoms with Crippen LogP contribution in [0.3, 0.4) is 0 Å². The van der Waals surface area contributed by atoms with E-state index in [1.54, 1.807) is 6.07 Å². The van der Waals surface area contributed by atoms with Crippen LogP contribution in [0.5, 0.6) is 0 Å². The Bertz CT molecular complexity index is 575. The minimum Gasteiger partial charge on any atom is -0.478 e. The largest absolute Gasteiger partial charge is 0.478 e. The monoisotopic (exact) mass is 300 g/mol. The summed E-state index contributed by atoms with van der Waals surface area (Å²) < 4.78 is 29.8. The maximum Gasteiger partial charge on any atom is 0.335 e. The van der Waals surface area contributed by atoms with Crippen LogP contribution in [0, 0.1) is 0 Å². The predicted octanol–water partition coefficient (Wildman–Crippen LogP) is 2.15. The van der Waals surface area contributed by atoms with E-state index in [1.165, 1.54) is 12.1 Å². The van der Waals surface area contributed by atoms with Gasteiger partial charge in [0.1, 0.15) is 0 Å². The lowest BCUT2D eigenvalue weighted by molar-refractivity contribution is 0.0696. The predicted molar refractivity (Wildman–Crippen MR) is 75.9 cm³/mol. The summed E-state index contributed by atoms with van der Waals surface area (Å²) in [5.74, 6) is -1.29. The third kappa shape index (κ3) is 4.31. The van der Waals surface area contributed by atoms with Crippen LogP contribution < -0.4 is 0 Å².